The average Bonchev–Trinajstić information content (AvgIpc) is 1.64. The third-order valence-electron chi connectivity index (χ3n) is 22.2. The summed E-state index contributed by atoms with van der Waals surface area (Å²) in [5.74, 6) is 0. The standard InChI is InChI=1S/3C15H16N2.2C14H14N2.C13H12N2/c1-8-6-17-14-5-12-10(3)11(4)16-7-13(12)15(14)9(8)2;1-8-5-13-14-7-16-11(4)9(2)12(14)6-15(13)17-10(8)3;1-8-5-9(2)17-14-6-12-10(3)11(4)16-7-13(12)15(8)14;1-8-4-12-11(10(3)9(8)2)5-14-13(12)6-15-7-16-14;1-8-4-9(2)14-11(10(8)3)5-13-12(14)6-15-7-16-13;1-8-3-4-10-11(9(8)2)5-13-12(10)6-14-7-15-13/h6-7H,5H2,1-4H3;2*5,7H,6H2,1-4H3;2*4,6-7H,5H2,1-3H3;3-4,6-7H,5H2,1-2H3. The largest absolute Gasteiger partial charge is 0.261 e. The predicted octanol–water partition coefficient (Wildman–Crippen LogP) is 18.5. The molecule has 6 aliphatic carbocycles. The highest BCUT2D eigenvalue weighted by Crippen LogP contribution is 2.45. The highest BCUT2D eigenvalue weighted by atomic mass is 14.8. The van der Waals surface area contributed by atoms with Gasteiger partial charge in [0.2, 0.25) is 0 Å². The van der Waals surface area contributed by atoms with Crippen LogP contribution in [0.1, 0.15) is 179 Å². The van der Waals surface area contributed by atoms with Crippen molar-refractivity contribution in [1.82, 2.24) is 59.8 Å². The molecule has 0 bridgehead atoms. The summed E-state index contributed by atoms with van der Waals surface area (Å²) in [7, 11) is 0. The summed E-state index contributed by atoms with van der Waals surface area (Å²) >= 11 is 0. The van der Waals surface area contributed by atoms with Crippen molar-refractivity contribution in [2.75, 3.05) is 0 Å². The normalized spacial score (nSPS) is 12.4. The SMILES string of the molecule is Cc1cc(C)c2c(c1C)Cc1ncncc1-2.Cc1cc(C)c2c(n1)Cc1c-2cnc(C)c1C.Cc1cc2c(c(C)c1C)Cc1ncncc1-2.Cc1cc2c(nc1C)Cc1c-2cnc(C)c1C.Cc1ccc2c(c1C)Cc1ncncc1-2.Cc1cnc2c(c1C)-c1cnc(C)c(C)c1C2. The number of aryl methyl sites for hydroxylation is 12. The van der Waals surface area contributed by atoms with Crippen LogP contribution in [0, 0.1) is 138 Å². The molecule has 0 spiro atoms. The van der Waals surface area contributed by atoms with Crippen molar-refractivity contribution in [2.45, 2.75) is 177 Å². The molecule has 0 N–H and O–H groups in total. The lowest BCUT2D eigenvalue weighted by molar-refractivity contribution is 1.04. The molecular weight excluding hydrogens is 1200 g/mol. The number of aromatic nitrogens is 12. The van der Waals surface area contributed by atoms with Crippen LogP contribution in [-0.4, -0.2) is 59.8 Å². The van der Waals surface area contributed by atoms with Gasteiger partial charge in [0.1, 0.15) is 19.0 Å². The summed E-state index contributed by atoms with van der Waals surface area (Å²) < 4.78 is 0. The minimum atomic E-state index is 0.958. The summed E-state index contributed by atoms with van der Waals surface area (Å²) in [4.78, 5) is 52.8. The van der Waals surface area contributed by atoms with Gasteiger partial charge >= 0.3 is 0 Å². The van der Waals surface area contributed by atoms with E-state index in [9.17, 15) is 0 Å². The first-order valence-corrected chi connectivity index (χ1v) is 34.3. The maximum absolute atomic E-state index is 4.71. The average molecular weight is 1290 g/mol. The minimum absolute atomic E-state index is 0.958. The molecule has 0 fully saturated rings. The number of pyridine rings is 6. The Bertz CT molecular complexity index is 5290. The second kappa shape index (κ2) is 26.3. The van der Waals surface area contributed by atoms with Gasteiger partial charge in [0.05, 0.1) is 34.2 Å². The maximum Gasteiger partial charge on any atom is 0.115 e. The van der Waals surface area contributed by atoms with Crippen molar-refractivity contribution in [2.24, 2.45) is 0 Å². The van der Waals surface area contributed by atoms with Crippen molar-refractivity contribution in [3.05, 3.63) is 278 Å². The molecule has 0 radical (unpaired) electrons. The third-order valence-corrected chi connectivity index (χ3v) is 22.2. The zero-order valence-corrected chi connectivity index (χ0v) is 60.8. The molecule has 0 atom stereocenters. The fourth-order valence-electron chi connectivity index (χ4n) is 15.3. The van der Waals surface area contributed by atoms with E-state index in [1.165, 1.54) is 206 Å². The van der Waals surface area contributed by atoms with Crippen LogP contribution in [0.25, 0.3) is 66.8 Å². The molecule has 98 heavy (non-hydrogen) atoms. The van der Waals surface area contributed by atoms with E-state index in [1.807, 2.05) is 43.4 Å². The predicted molar refractivity (Wildman–Crippen MR) is 396 cm³/mol. The van der Waals surface area contributed by atoms with Crippen molar-refractivity contribution < 1.29 is 0 Å². The molecule has 9 aromatic heterocycles. The van der Waals surface area contributed by atoms with E-state index in [2.05, 4.69) is 230 Å². The monoisotopic (exact) mass is 1290 g/mol. The van der Waals surface area contributed by atoms with Gasteiger partial charge in [-0.05, 0) is 284 Å². The van der Waals surface area contributed by atoms with Crippen LogP contribution in [0.2, 0.25) is 0 Å². The molecule has 9 heterocycles. The van der Waals surface area contributed by atoms with Crippen LogP contribution in [0.3, 0.4) is 0 Å². The van der Waals surface area contributed by atoms with Crippen LogP contribution in [-0.2, 0) is 38.5 Å². The number of nitrogens with zero attached hydrogens (tertiary/aromatic N) is 12. The van der Waals surface area contributed by atoms with E-state index in [0.29, 0.717) is 0 Å². The first-order valence-electron chi connectivity index (χ1n) is 34.3. The molecule has 0 aliphatic heterocycles. The highest BCUT2D eigenvalue weighted by Gasteiger charge is 2.30. The second-order valence-corrected chi connectivity index (χ2v) is 28.0. The molecule has 12 nitrogen and oxygen atoms in total. The van der Waals surface area contributed by atoms with E-state index < -0.39 is 0 Å². The van der Waals surface area contributed by atoms with E-state index in [4.69, 9.17) is 4.98 Å². The molecule has 492 valence electrons. The number of fused-ring (bicyclic) bond motifs is 18. The maximum atomic E-state index is 4.71. The summed E-state index contributed by atoms with van der Waals surface area (Å²) in [5, 5.41) is 0. The Morgan fingerprint density at radius 3 is 1.31 bits per heavy atom. The van der Waals surface area contributed by atoms with E-state index in [0.717, 1.165) is 78.4 Å². The summed E-state index contributed by atoms with van der Waals surface area (Å²) in [6.07, 6.45) is 24.5. The second-order valence-electron chi connectivity index (χ2n) is 28.0. The lowest BCUT2D eigenvalue weighted by Crippen LogP contribution is -1.94. The summed E-state index contributed by atoms with van der Waals surface area (Å²) in [6.45, 7) is 42.9. The third kappa shape index (κ3) is 11.9. The first kappa shape index (κ1) is 66.4. The van der Waals surface area contributed by atoms with E-state index >= 15 is 0 Å². The van der Waals surface area contributed by atoms with Crippen molar-refractivity contribution in [1.29, 1.82) is 0 Å². The van der Waals surface area contributed by atoms with Crippen LogP contribution < -0.4 is 0 Å². The topological polar surface area (TPSA) is 155 Å². The number of hydrogen-bond acceptors (Lipinski definition) is 12. The Morgan fingerprint density at radius 2 is 0.684 bits per heavy atom. The zero-order valence-electron chi connectivity index (χ0n) is 60.8. The number of rotatable bonds is 0. The van der Waals surface area contributed by atoms with Crippen LogP contribution in [0.15, 0.2) is 98.8 Å². The molecule has 18 rings (SSSR count). The van der Waals surface area contributed by atoms with Crippen molar-refractivity contribution >= 4 is 0 Å². The van der Waals surface area contributed by atoms with Crippen molar-refractivity contribution in [3.63, 3.8) is 0 Å². The molecule has 12 heteroatoms. The fourth-order valence-corrected chi connectivity index (χ4v) is 15.3. The van der Waals surface area contributed by atoms with Gasteiger partial charge in [-0.2, -0.15) is 0 Å². The van der Waals surface area contributed by atoms with Gasteiger partial charge in [-0.1, -0.05) is 24.3 Å². The first-order chi connectivity index (χ1) is 46.9. The summed E-state index contributed by atoms with van der Waals surface area (Å²) in [6, 6.07) is 13.3. The number of benzene rings is 3. The molecule has 0 saturated carbocycles. The van der Waals surface area contributed by atoms with Crippen LogP contribution >= 0.6 is 0 Å². The van der Waals surface area contributed by atoms with Gasteiger partial charge in [0, 0.05) is 160 Å². The molecular formula is C86H88N12. The van der Waals surface area contributed by atoms with E-state index in [-0.39, 0.29) is 0 Å². The van der Waals surface area contributed by atoms with Crippen LogP contribution in [0.4, 0.5) is 0 Å². The lowest BCUT2D eigenvalue weighted by atomic mass is 9.94. The van der Waals surface area contributed by atoms with Gasteiger partial charge in [-0.25, -0.2) is 29.9 Å². The fraction of sp³-hybridized carbons (Fsp3) is 0.302. The molecule has 6 aliphatic rings. The molecule has 3 aromatic carbocycles. The smallest absolute Gasteiger partial charge is 0.115 e. The van der Waals surface area contributed by atoms with Gasteiger partial charge < -0.3 is 0 Å². The van der Waals surface area contributed by atoms with Gasteiger partial charge in [-0.15, -0.1) is 0 Å². The minimum Gasteiger partial charge on any atom is -0.261 e. The zero-order chi connectivity index (χ0) is 69.4. The molecule has 0 saturated heterocycles. The lowest BCUT2D eigenvalue weighted by Gasteiger charge is -2.11. The van der Waals surface area contributed by atoms with Gasteiger partial charge in [0.25, 0.3) is 0 Å². The Kier molecular flexibility index (Phi) is 17.8. The highest BCUT2D eigenvalue weighted by molar-refractivity contribution is 5.83. The van der Waals surface area contributed by atoms with Crippen LogP contribution in [0.5, 0.6) is 0 Å². The van der Waals surface area contributed by atoms with E-state index in [1.54, 1.807) is 19.0 Å². The quantitative estimate of drug-likeness (QED) is 0.142. The van der Waals surface area contributed by atoms with Crippen molar-refractivity contribution in [3.8, 4) is 66.8 Å². The van der Waals surface area contributed by atoms with Gasteiger partial charge in [-0.3, -0.25) is 29.9 Å². The Labute approximate surface area is 578 Å². The Balaban J connectivity index is 0.000000106. The summed E-state index contributed by atoms with van der Waals surface area (Å²) in [5.41, 5.74) is 56.8. The molecule has 0 amide bonds. The Morgan fingerprint density at radius 1 is 0.224 bits per heavy atom. The molecule has 12 aromatic rings. The van der Waals surface area contributed by atoms with Gasteiger partial charge in [0.15, 0.2) is 0 Å². The Hall–Kier alpha value is -10.2. The molecule has 0 unspecified atom stereocenters. The number of hydrogen-bond donors (Lipinski definition) is 0.